The molecule has 1 aromatic rings. The molecule has 0 saturated carbocycles. The third-order valence-electron chi connectivity index (χ3n) is 3.11. The highest BCUT2D eigenvalue weighted by molar-refractivity contribution is 7.11. The number of nitrogens with one attached hydrogen (secondary N) is 2. The van der Waals surface area contributed by atoms with E-state index in [-0.39, 0.29) is 18.4 Å². The molecule has 7 nitrogen and oxygen atoms in total. The molecule has 1 rings (SSSR count). The standard InChI is InChI=1S/C15H27N5O2S/c1-11(14-17-9-12(2)23-14)8-18-15(16-6-7-22-5)19-10-13(21)20(3)4/h9,11H,6-8,10H2,1-5H3,(H2,16,18,19). The molecule has 23 heavy (non-hydrogen) atoms. The topological polar surface area (TPSA) is 78.8 Å². The number of nitrogens with zero attached hydrogens (tertiary/aromatic N) is 3. The van der Waals surface area contributed by atoms with Crippen molar-refractivity contribution in [2.24, 2.45) is 4.99 Å². The number of likely N-dealkylation sites (N-methyl/N-ethyl adjacent to an activating group) is 1. The Hall–Kier alpha value is -1.67. The van der Waals surface area contributed by atoms with E-state index in [1.54, 1.807) is 32.5 Å². The molecule has 0 saturated heterocycles. The van der Waals surface area contributed by atoms with Crippen LogP contribution in [0.1, 0.15) is 22.7 Å². The Bertz CT molecular complexity index is 516. The zero-order chi connectivity index (χ0) is 17.2. The van der Waals surface area contributed by atoms with Gasteiger partial charge in [0.2, 0.25) is 5.91 Å². The Labute approximate surface area is 142 Å². The van der Waals surface area contributed by atoms with Crippen LogP contribution in [0.2, 0.25) is 0 Å². The third-order valence-corrected chi connectivity index (χ3v) is 4.25. The number of aryl methyl sites for hydroxylation is 1. The van der Waals surface area contributed by atoms with E-state index in [1.807, 2.05) is 13.1 Å². The molecule has 2 N–H and O–H groups in total. The van der Waals surface area contributed by atoms with Crippen molar-refractivity contribution < 1.29 is 9.53 Å². The molecule has 0 aliphatic rings. The van der Waals surface area contributed by atoms with E-state index < -0.39 is 0 Å². The number of rotatable bonds is 8. The number of carbonyl (C=O) groups excluding carboxylic acids is 1. The summed E-state index contributed by atoms with van der Waals surface area (Å²) in [5.74, 6) is 0.839. The van der Waals surface area contributed by atoms with Crippen molar-refractivity contribution in [3.05, 3.63) is 16.1 Å². The van der Waals surface area contributed by atoms with Gasteiger partial charge in [0.1, 0.15) is 6.54 Å². The van der Waals surface area contributed by atoms with Crippen LogP contribution in [0.3, 0.4) is 0 Å². The summed E-state index contributed by atoms with van der Waals surface area (Å²) in [4.78, 5) is 23.1. The molecule has 0 aliphatic carbocycles. The Morgan fingerprint density at radius 2 is 2.22 bits per heavy atom. The molecule has 0 bridgehead atoms. The van der Waals surface area contributed by atoms with Gasteiger partial charge in [0.05, 0.1) is 11.6 Å². The number of hydrogen-bond donors (Lipinski definition) is 2. The van der Waals surface area contributed by atoms with Gasteiger partial charge in [-0.25, -0.2) is 9.98 Å². The number of amides is 1. The summed E-state index contributed by atoms with van der Waals surface area (Å²) in [6, 6.07) is 0. The highest BCUT2D eigenvalue weighted by atomic mass is 32.1. The van der Waals surface area contributed by atoms with Gasteiger partial charge in [-0.3, -0.25) is 4.79 Å². The minimum Gasteiger partial charge on any atom is -0.383 e. The van der Waals surface area contributed by atoms with Crippen molar-refractivity contribution in [1.29, 1.82) is 0 Å². The highest BCUT2D eigenvalue weighted by Crippen LogP contribution is 2.20. The van der Waals surface area contributed by atoms with Crippen LogP contribution >= 0.6 is 11.3 Å². The summed E-state index contributed by atoms with van der Waals surface area (Å²) in [6.45, 7) is 6.17. The van der Waals surface area contributed by atoms with Gasteiger partial charge in [0.15, 0.2) is 5.96 Å². The third kappa shape index (κ3) is 7.43. The van der Waals surface area contributed by atoms with E-state index >= 15 is 0 Å². The van der Waals surface area contributed by atoms with Crippen LogP contribution in [0.25, 0.3) is 0 Å². The molecular weight excluding hydrogens is 314 g/mol. The smallest absolute Gasteiger partial charge is 0.243 e. The summed E-state index contributed by atoms with van der Waals surface area (Å²) in [6.07, 6.45) is 1.89. The van der Waals surface area contributed by atoms with E-state index in [9.17, 15) is 4.79 Å². The van der Waals surface area contributed by atoms with Crippen LogP contribution in [0.5, 0.6) is 0 Å². The first kappa shape index (κ1) is 19.4. The molecule has 1 amide bonds. The number of guanidine groups is 1. The van der Waals surface area contributed by atoms with E-state index in [1.165, 1.54) is 9.78 Å². The van der Waals surface area contributed by atoms with Gasteiger partial charge in [0, 0.05) is 51.3 Å². The lowest BCUT2D eigenvalue weighted by Crippen LogP contribution is -2.41. The molecule has 8 heteroatoms. The second kappa shape index (κ2) is 10.2. The fourth-order valence-corrected chi connectivity index (χ4v) is 2.50. The monoisotopic (exact) mass is 341 g/mol. The van der Waals surface area contributed by atoms with Gasteiger partial charge in [-0.1, -0.05) is 6.92 Å². The average molecular weight is 341 g/mol. The second-order valence-electron chi connectivity index (χ2n) is 5.46. The Morgan fingerprint density at radius 1 is 1.48 bits per heavy atom. The predicted molar refractivity (Wildman–Crippen MR) is 94.1 cm³/mol. The number of methoxy groups -OCH3 is 1. The normalized spacial score (nSPS) is 12.8. The van der Waals surface area contributed by atoms with Crippen molar-refractivity contribution >= 4 is 23.2 Å². The largest absolute Gasteiger partial charge is 0.383 e. The van der Waals surface area contributed by atoms with Crippen molar-refractivity contribution in [2.75, 3.05) is 47.4 Å². The molecule has 0 radical (unpaired) electrons. The van der Waals surface area contributed by atoms with Crippen molar-refractivity contribution in [3.63, 3.8) is 0 Å². The fraction of sp³-hybridized carbons (Fsp3) is 0.667. The van der Waals surface area contributed by atoms with Crippen molar-refractivity contribution in [2.45, 2.75) is 19.8 Å². The van der Waals surface area contributed by atoms with E-state index in [0.29, 0.717) is 25.7 Å². The van der Waals surface area contributed by atoms with Gasteiger partial charge in [-0.2, -0.15) is 0 Å². The zero-order valence-corrected chi connectivity index (χ0v) is 15.4. The van der Waals surface area contributed by atoms with Crippen LogP contribution in [-0.2, 0) is 9.53 Å². The molecule has 0 aromatic carbocycles. The molecular formula is C15H27N5O2S. The van der Waals surface area contributed by atoms with E-state index in [4.69, 9.17) is 4.74 Å². The Kier molecular flexibility index (Phi) is 8.57. The lowest BCUT2D eigenvalue weighted by molar-refractivity contribution is -0.127. The van der Waals surface area contributed by atoms with Crippen LogP contribution < -0.4 is 10.6 Å². The van der Waals surface area contributed by atoms with E-state index in [2.05, 4.69) is 27.5 Å². The summed E-state index contributed by atoms with van der Waals surface area (Å²) >= 11 is 1.70. The van der Waals surface area contributed by atoms with Gasteiger partial charge in [-0.15, -0.1) is 11.3 Å². The number of thiazole rings is 1. The minimum absolute atomic E-state index is 0.0403. The van der Waals surface area contributed by atoms with Crippen LogP contribution in [-0.4, -0.2) is 69.2 Å². The molecule has 0 fully saturated rings. The lowest BCUT2D eigenvalue weighted by atomic mass is 10.2. The molecule has 1 aromatic heterocycles. The molecule has 1 atom stereocenters. The number of aromatic nitrogens is 1. The minimum atomic E-state index is -0.0403. The van der Waals surface area contributed by atoms with Gasteiger partial charge in [-0.05, 0) is 6.92 Å². The Morgan fingerprint density at radius 3 is 2.78 bits per heavy atom. The van der Waals surface area contributed by atoms with Crippen LogP contribution in [0, 0.1) is 6.92 Å². The second-order valence-corrected chi connectivity index (χ2v) is 6.73. The highest BCUT2D eigenvalue weighted by Gasteiger charge is 2.11. The Balaban J connectivity index is 2.57. The lowest BCUT2D eigenvalue weighted by Gasteiger charge is -2.15. The maximum absolute atomic E-state index is 11.7. The first-order valence-corrected chi connectivity index (χ1v) is 8.39. The van der Waals surface area contributed by atoms with Gasteiger partial charge < -0.3 is 20.3 Å². The van der Waals surface area contributed by atoms with E-state index in [0.717, 1.165) is 5.01 Å². The zero-order valence-electron chi connectivity index (χ0n) is 14.5. The number of ether oxygens (including phenoxy) is 1. The average Bonchev–Trinajstić information content (AvgIpc) is 2.95. The number of carbonyl (C=O) groups is 1. The predicted octanol–water partition coefficient (Wildman–Crippen LogP) is 0.825. The van der Waals surface area contributed by atoms with Crippen LogP contribution in [0.15, 0.2) is 11.2 Å². The van der Waals surface area contributed by atoms with Gasteiger partial charge >= 0.3 is 0 Å². The quantitative estimate of drug-likeness (QED) is 0.416. The molecule has 0 spiro atoms. The summed E-state index contributed by atoms with van der Waals surface area (Å²) in [5, 5.41) is 7.51. The summed E-state index contributed by atoms with van der Waals surface area (Å²) in [7, 11) is 5.08. The van der Waals surface area contributed by atoms with Crippen LogP contribution in [0.4, 0.5) is 0 Å². The van der Waals surface area contributed by atoms with Gasteiger partial charge in [0.25, 0.3) is 0 Å². The SMILES string of the molecule is COCCNC(=NCC(=O)N(C)C)NCC(C)c1ncc(C)s1. The molecule has 0 aliphatic heterocycles. The maximum atomic E-state index is 11.7. The summed E-state index contributed by atoms with van der Waals surface area (Å²) < 4.78 is 5.02. The van der Waals surface area contributed by atoms with Crippen molar-refractivity contribution in [1.82, 2.24) is 20.5 Å². The summed E-state index contributed by atoms with van der Waals surface area (Å²) in [5.41, 5.74) is 0. The fourth-order valence-electron chi connectivity index (χ4n) is 1.67. The molecule has 130 valence electrons. The first-order valence-electron chi connectivity index (χ1n) is 7.57. The number of hydrogen-bond acceptors (Lipinski definition) is 5. The number of aliphatic imine (C=N–C) groups is 1. The molecule has 1 unspecified atom stereocenters. The molecule has 1 heterocycles. The first-order chi connectivity index (χ1) is 10.9. The van der Waals surface area contributed by atoms with Crippen molar-refractivity contribution in [3.8, 4) is 0 Å². The maximum Gasteiger partial charge on any atom is 0.243 e.